The highest BCUT2D eigenvalue weighted by Crippen LogP contribution is 2.34. The summed E-state index contributed by atoms with van der Waals surface area (Å²) in [5.74, 6) is -2.04. The van der Waals surface area contributed by atoms with Crippen LogP contribution in [0.2, 0.25) is 0 Å². The van der Waals surface area contributed by atoms with E-state index in [2.05, 4.69) is 10.6 Å². The standard InChI is InChI=1S/C27H34N2O5S/c1-3-25(30)28-20-15-13-19(14-16-20)17-23(27(32)33)29-26(31)22-11-7-8-12-24(18(22)2)35(34)21-9-5-4-6-10-21/h4-6,9-10,13-16,18,22-24H,3,7-8,11-12,17H2,1-2H3,(H,28,30)(H,29,31)(H,32,33). The van der Waals surface area contributed by atoms with E-state index in [0.717, 1.165) is 29.7 Å². The van der Waals surface area contributed by atoms with Crippen LogP contribution in [0.5, 0.6) is 0 Å². The number of anilines is 1. The van der Waals surface area contributed by atoms with Crippen LogP contribution in [0.25, 0.3) is 0 Å². The molecule has 5 unspecified atom stereocenters. The molecule has 7 nitrogen and oxygen atoms in total. The number of carbonyl (C=O) groups excluding carboxylic acids is 2. The third-order valence-corrected chi connectivity index (χ3v) is 8.63. The van der Waals surface area contributed by atoms with Crippen LogP contribution in [-0.2, 0) is 31.6 Å². The number of carboxylic acids is 1. The molecule has 2 aromatic rings. The normalized spacial score (nSPS) is 21.8. The van der Waals surface area contributed by atoms with Gasteiger partial charge in [0.1, 0.15) is 6.04 Å². The second-order valence-corrected chi connectivity index (χ2v) is 10.8. The van der Waals surface area contributed by atoms with Crippen molar-refractivity contribution in [3.8, 4) is 0 Å². The Bertz CT molecular complexity index is 1040. The summed E-state index contributed by atoms with van der Waals surface area (Å²) < 4.78 is 13.3. The highest BCUT2D eigenvalue weighted by atomic mass is 32.2. The minimum Gasteiger partial charge on any atom is -0.480 e. The van der Waals surface area contributed by atoms with Crippen molar-refractivity contribution in [2.75, 3.05) is 5.32 Å². The molecule has 0 saturated heterocycles. The summed E-state index contributed by atoms with van der Waals surface area (Å²) in [6, 6.07) is 15.2. The van der Waals surface area contributed by atoms with Gasteiger partial charge in [-0.25, -0.2) is 4.79 Å². The predicted octanol–water partition coefficient (Wildman–Crippen LogP) is 4.15. The van der Waals surface area contributed by atoms with Gasteiger partial charge in [-0.2, -0.15) is 0 Å². The smallest absolute Gasteiger partial charge is 0.326 e. The van der Waals surface area contributed by atoms with Crippen molar-refractivity contribution in [3.63, 3.8) is 0 Å². The molecule has 8 heteroatoms. The molecule has 35 heavy (non-hydrogen) atoms. The Hall–Kier alpha value is -3.00. The molecule has 1 aliphatic rings. The second kappa shape index (κ2) is 12.6. The van der Waals surface area contributed by atoms with E-state index in [1.54, 1.807) is 31.2 Å². The first-order valence-corrected chi connectivity index (χ1v) is 13.4. The first-order valence-electron chi connectivity index (χ1n) is 12.2. The molecule has 0 aliphatic heterocycles. The molecule has 2 amide bonds. The van der Waals surface area contributed by atoms with Crippen molar-refractivity contribution >= 4 is 34.3 Å². The van der Waals surface area contributed by atoms with E-state index in [1.165, 1.54) is 0 Å². The molecule has 0 aromatic heterocycles. The summed E-state index contributed by atoms with van der Waals surface area (Å²) in [6.07, 6.45) is 3.65. The van der Waals surface area contributed by atoms with E-state index in [4.69, 9.17) is 0 Å². The maximum Gasteiger partial charge on any atom is 0.326 e. The Labute approximate surface area is 209 Å². The number of hydrogen-bond donors (Lipinski definition) is 3. The van der Waals surface area contributed by atoms with E-state index in [-0.39, 0.29) is 29.4 Å². The fourth-order valence-electron chi connectivity index (χ4n) is 4.58. The van der Waals surface area contributed by atoms with E-state index >= 15 is 0 Å². The number of carboxylic acid groups (broad SMARTS) is 1. The van der Waals surface area contributed by atoms with Crippen LogP contribution in [0.4, 0.5) is 5.69 Å². The first-order chi connectivity index (χ1) is 16.8. The molecule has 0 radical (unpaired) electrons. The molecule has 188 valence electrons. The van der Waals surface area contributed by atoms with Gasteiger partial charge in [0.25, 0.3) is 0 Å². The highest BCUT2D eigenvalue weighted by molar-refractivity contribution is 7.85. The van der Waals surface area contributed by atoms with Gasteiger partial charge in [-0.15, -0.1) is 0 Å². The molecular weight excluding hydrogens is 464 g/mol. The van der Waals surface area contributed by atoms with Gasteiger partial charge < -0.3 is 15.7 Å². The summed E-state index contributed by atoms with van der Waals surface area (Å²) >= 11 is 0. The van der Waals surface area contributed by atoms with Crippen molar-refractivity contribution in [3.05, 3.63) is 60.2 Å². The third kappa shape index (κ3) is 7.24. The van der Waals surface area contributed by atoms with Gasteiger partial charge in [-0.3, -0.25) is 13.8 Å². The van der Waals surface area contributed by atoms with E-state index in [0.29, 0.717) is 18.5 Å². The van der Waals surface area contributed by atoms with Crippen LogP contribution in [0, 0.1) is 11.8 Å². The highest BCUT2D eigenvalue weighted by Gasteiger charge is 2.37. The van der Waals surface area contributed by atoms with Crippen LogP contribution >= 0.6 is 0 Å². The van der Waals surface area contributed by atoms with Crippen LogP contribution in [0.15, 0.2) is 59.5 Å². The molecule has 1 saturated carbocycles. The number of aliphatic carboxylic acids is 1. The Balaban J connectivity index is 1.68. The summed E-state index contributed by atoms with van der Waals surface area (Å²) in [5, 5.41) is 15.1. The summed E-state index contributed by atoms with van der Waals surface area (Å²) in [6.45, 7) is 3.72. The fraction of sp³-hybridized carbons (Fsp3) is 0.444. The van der Waals surface area contributed by atoms with Crippen molar-refractivity contribution < 1.29 is 23.7 Å². The number of carbonyl (C=O) groups is 3. The molecule has 5 atom stereocenters. The molecular formula is C27H34N2O5S. The Morgan fingerprint density at radius 1 is 1.03 bits per heavy atom. The van der Waals surface area contributed by atoms with Crippen LogP contribution in [0.1, 0.15) is 51.5 Å². The lowest BCUT2D eigenvalue weighted by Crippen LogP contribution is -2.47. The lowest BCUT2D eigenvalue weighted by atomic mass is 9.88. The fourth-order valence-corrected chi connectivity index (χ4v) is 6.32. The summed E-state index contributed by atoms with van der Waals surface area (Å²) in [4.78, 5) is 37.5. The van der Waals surface area contributed by atoms with Crippen molar-refractivity contribution in [1.82, 2.24) is 5.32 Å². The van der Waals surface area contributed by atoms with Crippen LogP contribution < -0.4 is 10.6 Å². The minimum absolute atomic E-state index is 0.0996. The van der Waals surface area contributed by atoms with Crippen LogP contribution in [-0.4, -0.2) is 38.4 Å². The SMILES string of the molecule is CCC(=O)Nc1ccc(CC(NC(=O)C2CCCCC(S(=O)c3ccccc3)C2C)C(=O)O)cc1. The average molecular weight is 499 g/mol. The molecule has 3 N–H and O–H groups in total. The number of benzene rings is 2. The van der Waals surface area contributed by atoms with Gasteiger partial charge in [-0.1, -0.05) is 57.0 Å². The Morgan fingerprint density at radius 3 is 2.31 bits per heavy atom. The number of rotatable bonds is 9. The molecule has 2 aromatic carbocycles. The second-order valence-electron chi connectivity index (χ2n) is 9.10. The van der Waals surface area contributed by atoms with Crippen molar-refractivity contribution in [1.29, 1.82) is 0 Å². The maximum absolute atomic E-state index is 13.3. The Kier molecular flexibility index (Phi) is 9.60. The van der Waals surface area contributed by atoms with E-state index < -0.39 is 28.7 Å². The molecule has 0 bridgehead atoms. The zero-order valence-corrected chi connectivity index (χ0v) is 21.1. The maximum atomic E-state index is 13.3. The monoisotopic (exact) mass is 498 g/mol. The van der Waals surface area contributed by atoms with Crippen molar-refractivity contribution in [2.45, 2.75) is 68.6 Å². The Morgan fingerprint density at radius 2 is 1.69 bits per heavy atom. The average Bonchev–Trinajstić information content (AvgIpc) is 3.06. The number of amides is 2. The number of hydrogen-bond acceptors (Lipinski definition) is 4. The van der Waals surface area contributed by atoms with E-state index in [9.17, 15) is 23.7 Å². The zero-order chi connectivity index (χ0) is 25.4. The molecule has 0 heterocycles. The zero-order valence-electron chi connectivity index (χ0n) is 20.2. The quantitative estimate of drug-likeness (QED) is 0.450. The van der Waals surface area contributed by atoms with Gasteiger partial charge in [-0.05, 0) is 48.6 Å². The van der Waals surface area contributed by atoms with E-state index in [1.807, 2.05) is 37.3 Å². The summed E-state index contributed by atoms with van der Waals surface area (Å²) in [7, 11) is -1.24. The largest absolute Gasteiger partial charge is 0.480 e. The lowest BCUT2D eigenvalue weighted by Gasteiger charge is -2.28. The van der Waals surface area contributed by atoms with Gasteiger partial charge in [0.2, 0.25) is 11.8 Å². The molecule has 1 fully saturated rings. The van der Waals surface area contributed by atoms with Gasteiger partial charge in [0.15, 0.2) is 0 Å². The molecule has 3 rings (SSSR count). The van der Waals surface area contributed by atoms with Gasteiger partial charge in [0, 0.05) is 34.6 Å². The van der Waals surface area contributed by atoms with Gasteiger partial charge in [0.05, 0.1) is 10.8 Å². The van der Waals surface area contributed by atoms with Crippen LogP contribution in [0.3, 0.4) is 0 Å². The topological polar surface area (TPSA) is 113 Å². The lowest BCUT2D eigenvalue weighted by molar-refractivity contribution is -0.142. The van der Waals surface area contributed by atoms with Gasteiger partial charge >= 0.3 is 5.97 Å². The molecule has 0 spiro atoms. The minimum atomic E-state index is -1.24. The number of nitrogens with one attached hydrogen (secondary N) is 2. The third-order valence-electron chi connectivity index (χ3n) is 6.68. The predicted molar refractivity (Wildman–Crippen MR) is 136 cm³/mol. The first kappa shape index (κ1) is 26.6. The molecule has 1 aliphatic carbocycles. The van der Waals surface area contributed by atoms with Crippen molar-refractivity contribution in [2.24, 2.45) is 11.8 Å². The summed E-state index contributed by atoms with van der Waals surface area (Å²) in [5.41, 5.74) is 1.38.